The molecule has 0 spiro atoms. The number of piperidine rings is 1. The predicted octanol–water partition coefficient (Wildman–Crippen LogP) is 0.973. The number of para-hydroxylation sites is 1. The quantitative estimate of drug-likeness (QED) is 0.845. The lowest BCUT2D eigenvalue weighted by Gasteiger charge is -2.23. The Labute approximate surface area is 114 Å². The Bertz CT molecular complexity index is 510. The third-order valence-corrected chi connectivity index (χ3v) is 4.78. The molecule has 1 aliphatic heterocycles. The summed E-state index contributed by atoms with van der Waals surface area (Å²) in [6.45, 7) is 2.36. The second kappa shape index (κ2) is 6.36. The molecule has 1 saturated heterocycles. The molecular weight excluding hydrogens is 264 g/mol. The molecule has 0 aliphatic carbocycles. The average molecular weight is 284 g/mol. The van der Waals surface area contributed by atoms with Gasteiger partial charge in [-0.05, 0) is 44.0 Å². The van der Waals surface area contributed by atoms with Crippen LogP contribution in [0.15, 0.2) is 29.2 Å². The Morgan fingerprint density at radius 2 is 2.21 bits per heavy atom. The third-order valence-electron chi connectivity index (χ3n) is 3.32. The van der Waals surface area contributed by atoms with Crippen LogP contribution in [-0.2, 0) is 10.0 Å². The molecule has 1 aliphatic rings. The Morgan fingerprint density at radius 1 is 1.42 bits per heavy atom. The van der Waals surface area contributed by atoms with E-state index in [1.165, 1.54) is 7.11 Å². The van der Waals surface area contributed by atoms with E-state index in [9.17, 15) is 8.42 Å². The topological polar surface area (TPSA) is 67.4 Å². The molecule has 0 unspecified atom stereocenters. The minimum absolute atomic E-state index is 0.196. The van der Waals surface area contributed by atoms with E-state index in [1.54, 1.807) is 24.3 Å². The Hall–Kier alpha value is -1.11. The molecule has 0 saturated carbocycles. The molecule has 106 valence electrons. The van der Waals surface area contributed by atoms with Crippen molar-refractivity contribution in [3.05, 3.63) is 24.3 Å². The second-order valence-corrected chi connectivity index (χ2v) is 6.45. The maximum absolute atomic E-state index is 12.2. The summed E-state index contributed by atoms with van der Waals surface area (Å²) in [6.07, 6.45) is 2.16. The summed E-state index contributed by atoms with van der Waals surface area (Å²) in [7, 11) is -2.03. The minimum atomic E-state index is -3.51. The van der Waals surface area contributed by atoms with Gasteiger partial charge >= 0.3 is 0 Å². The molecule has 0 amide bonds. The third kappa shape index (κ3) is 3.68. The molecule has 0 radical (unpaired) electrons. The first-order chi connectivity index (χ1) is 9.13. The SMILES string of the molecule is COc1ccccc1S(=O)(=O)NC[C@H]1CCCNC1. The summed E-state index contributed by atoms with van der Waals surface area (Å²) >= 11 is 0. The zero-order valence-electron chi connectivity index (χ0n) is 11.1. The van der Waals surface area contributed by atoms with Crippen molar-refractivity contribution in [3.8, 4) is 5.75 Å². The molecule has 1 heterocycles. The van der Waals surface area contributed by atoms with Gasteiger partial charge in [-0.2, -0.15) is 0 Å². The predicted molar refractivity (Wildman–Crippen MR) is 73.8 cm³/mol. The van der Waals surface area contributed by atoms with Gasteiger partial charge in [0.2, 0.25) is 10.0 Å². The van der Waals surface area contributed by atoms with Crippen LogP contribution in [0.25, 0.3) is 0 Å². The van der Waals surface area contributed by atoms with Crippen LogP contribution in [0.2, 0.25) is 0 Å². The minimum Gasteiger partial charge on any atom is -0.495 e. The standard InChI is InChI=1S/C13H20N2O3S/c1-18-12-6-2-3-7-13(12)19(16,17)15-10-11-5-4-8-14-9-11/h2-3,6-7,11,14-15H,4-5,8-10H2,1H3/t11-/m0/s1. The van der Waals surface area contributed by atoms with E-state index in [-0.39, 0.29) is 4.90 Å². The Balaban J connectivity index is 2.05. The van der Waals surface area contributed by atoms with Crippen molar-refractivity contribution >= 4 is 10.0 Å². The van der Waals surface area contributed by atoms with E-state index in [0.29, 0.717) is 18.2 Å². The van der Waals surface area contributed by atoms with E-state index in [1.807, 2.05) is 0 Å². The van der Waals surface area contributed by atoms with Gasteiger partial charge in [0.05, 0.1) is 7.11 Å². The van der Waals surface area contributed by atoms with Crippen molar-refractivity contribution < 1.29 is 13.2 Å². The normalized spacial score (nSPS) is 20.2. The summed E-state index contributed by atoms with van der Waals surface area (Å²) in [5.41, 5.74) is 0. The molecule has 5 nitrogen and oxygen atoms in total. The van der Waals surface area contributed by atoms with Gasteiger partial charge in [0.25, 0.3) is 0 Å². The van der Waals surface area contributed by atoms with Gasteiger partial charge in [-0.15, -0.1) is 0 Å². The van der Waals surface area contributed by atoms with Gasteiger partial charge in [0.15, 0.2) is 0 Å². The summed E-state index contributed by atoms with van der Waals surface area (Å²) in [4.78, 5) is 0.196. The van der Waals surface area contributed by atoms with Gasteiger partial charge in [-0.25, -0.2) is 13.1 Å². The maximum atomic E-state index is 12.2. The smallest absolute Gasteiger partial charge is 0.244 e. The molecule has 0 bridgehead atoms. The first-order valence-electron chi connectivity index (χ1n) is 6.47. The molecule has 2 rings (SSSR count). The average Bonchev–Trinajstić information content (AvgIpc) is 2.46. The molecule has 1 atom stereocenters. The van der Waals surface area contributed by atoms with Crippen molar-refractivity contribution in [1.29, 1.82) is 0 Å². The lowest BCUT2D eigenvalue weighted by Crippen LogP contribution is -2.38. The van der Waals surface area contributed by atoms with E-state index in [2.05, 4.69) is 10.0 Å². The molecule has 6 heteroatoms. The van der Waals surface area contributed by atoms with Crippen LogP contribution in [0.1, 0.15) is 12.8 Å². The van der Waals surface area contributed by atoms with Gasteiger partial charge in [0.1, 0.15) is 10.6 Å². The van der Waals surface area contributed by atoms with Crippen LogP contribution in [0.4, 0.5) is 0 Å². The lowest BCUT2D eigenvalue weighted by molar-refractivity contribution is 0.374. The zero-order chi connectivity index (χ0) is 13.7. The number of nitrogens with one attached hydrogen (secondary N) is 2. The van der Waals surface area contributed by atoms with Crippen molar-refractivity contribution in [2.45, 2.75) is 17.7 Å². The molecule has 19 heavy (non-hydrogen) atoms. The van der Waals surface area contributed by atoms with E-state index in [0.717, 1.165) is 25.9 Å². The maximum Gasteiger partial charge on any atom is 0.244 e. The van der Waals surface area contributed by atoms with Crippen molar-refractivity contribution in [3.63, 3.8) is 0 Å². The second-order valence-electron chi connectivity index (χ2n) is 4.72. The van der Waals surface area contributed by atoms with Gasteiger partial charge in [-0.3, -0.25) is 0 Å². The van der Waals surface area contributed by atoms with Gasteiger partial charge < -0.3 is 10.1 Å². The van der Waals surface area contributed by atoms with Crippen LogP contribution in [0, 0.1) is 5.92 Å². The largest absolute Gasteiger partial charge is 0.495 e. The van der Waals surface area contributed by atoms with E-state index >= 15 is 0 Å². The number of hydrogen-bond donors (Lipinski definition) is 2. The van der Waals surface area contributed by atoms with Gasteiger partial charge in [0, 0.05) is 6.54 Å². The highest BCUT2D eigenvalue weighted by atomic mass is 32.2. The first kappa shape index (κ1) is 14.3. The fourth-order valence-electron chi connectivity index (χ4n) is 2.24. The number of rotatable bonds is 5. The summed E-state index contributed by atoms with van der Waals surface area (Å²) in [5, 5.41) is 3.27. The Kier molecular flexibility index (Phi) is 4.79. The fraction of sp³-hybridized carbons (Fsp3) is 0.538. The number of benzene rings is 1. The number of ether oxygens (including phenoxy) is 1. The van der Waals surface area contributed by atoms with Crippen molar-refractivity contribution in [2.24, 2.45) is 5.92 Å². The summed E-state index contributed by atoms with van der Waals surface area (Å²) < 4.78 is 32.2. The molecule has 2 N–H and O–H groups in total. The van der Waals surface area contributed by atoms with Crippen LogP contribution in [0.3, 0.4) is 0 Å². The summed E-state index contributed by atoms with van der Waals surface area (Å²) in [6, 6.07) is 6.65. The first-order valence-corrected chi connectivity index (χ1v) is 7.95. The molecular formula is C13H20N2O3S. The van der Waals surface area contributed by atoms with Crippen LogP contribution < -0.4 is 14.8 Å². The van der Waals surface area contributed by atoms with Gasteiger partial charge in [-0.1, -0.05) is 12.1 Å². The molecule has 1 aromatic carbocycles. The molecule has 1 fully saturated rings. The number of hydrogen-bond acceptors (Lipinski definition) is 4. The summed E-state index contributed by atoms with van der Waals surface area (Å²) in [5.74, 6) is 0.731. The highest BCUT2D eigenvalue weighted by molar-refractivity contribution is 7.89. The van der Waals surface area contributed by atoms with Crippen molar-refractivity contribution in [2.75, 3.05) is 26.7 Å². The lowest BCUT2D eigenvalue weighted by atomic mass is 10.0. The zero-order valence-corrected chi connectivity index (χ0v) is 11.9. The Morgan fingerprint density at radius 3 is 2.89 bits per heavy atom. The highest BCUT2D eigenvalue weighted by Gasteiger charge is 2.21. The molecule has 0 aromatic heterocycles. The van der Waals surface area contributed by atoms with Crippen LogP contribution in [-0.4, -0.2) is 35.2 Å². The highest BCUT2D eigenvalue weighted by Crippen LogP contribution is 2.22. The molecule has 1 aromatic rings. The van der Waals surface area contributed by atoms with Crippen molar-refractivity contribution in [1.82, 2.24) is 10.0 Å². The number of methoxy groups -OCH3 is 1. The van der Waals surface area contributed by atoms with E-state index < -0.39 is 10.0 Å². The van der Waals surface area contributed by atoms with E-state index in [4.69, 9.17) is 4.74 Å². The fourth-order valence-corrected chi connectivity index (χ4v) is 3.53. The van der Waals surface area contributed by atoms with Crippen LogP contribution >= 0.6 is 0 Å². The number of sulfonamides is 1. The van der Waals surface area contributed by atoms with Crippen LogP contribution in [0.5, 0.6) is 5.75 Å². The monoisotopic (exact) mass is 284 g/mol.